The molecule has 0 bridgehead atoms. The zero-order chi connectivity index (χ0) is 21.7. The van der Waals surface area contributed by atoms with Gasteiger partial charge in [0.15, 0.2) is 11.6 Å². The predicted octanol–water partition coefficient (Wildman–Crippen LogP) is 2.51. The molecule has 0 aliphatic carbocycles. The van der Waals surface area contributed by atoms with Crippen molar-refractivity contribution >= 4 is 21.6 Å². The molecule has 2 aromatic carbocycles. The standard InChI is InChI=1S/C20H22F3N3O3S/c21-15-2-4-16(5-3-15)25-10-1-11-26(13-12-25)20(27)8-9-24-30(28,29)17-6-7-18(22)19(23)14-17/h2-7,14,24H,1,8-13H2. The minimum Gasteiger partial charge on any atom is -0.370 e. The van der Waals surface area contributed by atoms with Crippen molar-refractivity contribution in [2.24, 2.45) is 0 Å². The van der Waals surface area contributed by atoms with Gasteiger partial charge >= 0.3 is 0 Å². The van der Waals surface area contributed by atoms with Gasteiger partial charge in [0.2, 0.25) is 15.9 Å². The fourth-order valence-corrected chi connectivity index (χ4v) is 4.30. The van der Waals surface area contributed by atoms with Gasteiger partial charge in [-0.3, -0.25) is 4.79 Å². The lowest BCUT2D eigenvalue weighted by atomic mass is 10.2. The number of halogens is 3. The molecular weight excluding hydrogens is 419 g/mol. The average molecular weight is 441 g/mol. The van der Waals surface area contributed by atoms with Crippen LogP contribution >= 0.6 is 0 Å². The van der Waals surface area contributed by atoms with Gasteiger partial charge < -0.3 is 9.80 Å². The summed E-state index contributed by atoms with van der Waals surface area (Å²) in [5.74, 6) is -2.91. The Morgan fingerprint density at radius 2 is 1.67 bits per heavy atom. The molecule has 0 spiro atoms. The van der Waals surface area contributed by atoms with Gasteiger partial charge in [0.25, 0.3) is 0 Å². The summed E-state index contributed by atoms with van der Waals surface area (Å²) in [4.78, 5) is 15.8. The van der Waals surface area contributed by atoms with Crippen molar-refractivity contribution in [2.75, 3.05) is 37.6 Å². The van der Waals surface area contributed by atoms with Crippen molar-refractivity contribution in [3.05, 3.63) is 59.9 Å². The van der Waals surface area contributed by atoms with Crippen molar-refractivity contribution in [3.63, 3.8) is 0 Å². The lowest BCUT2D eigenvalue weighted by molar-refractivity contribution is -0.130. The Morgan fingerprint density at radius 3 is 2.37 bits per heavy atom. The van der Waals surface area contributed by atoms with E-state index in [0.29, 0.717) is 25.7 Å². The Morgan fingerprint density at radius 1 is 0.933 bits per heavy atom. The van der Waals surface area contributed by atoms with Crippen molar-refractivity contribution in [3.8, 4) is 0 Å². The van der Waals surface area contributed by atoms with Crippen molar-refractivity contribution < 1.29 is 26.4 Å². The third kappa shape index (κ3) is 5.51. The van der Waals surface area contributed by atoms with E-state index in [1.807, 2.05) is 0 Å². The number of benzene rings is 2. The van der Waals surface area contributed by atoms with E-state index >= 15 is 0 Å². The molecule has 3 rings (SSSR count). The lowest BCUT2D eigenvalue weighted by Crippen LogP contribution is -2.37. The molecule has 1 heterocycles. The van der Waals surface area contributed by atoms with Gasteiger partial charge in [-0.05, 0) is 48.9 Å². The molecule has 1 amide bonds. The van der Waals surface area contributed by atoms with Gasteiger partial charge in [0, 0.05) is 44.8 Å². The van der Waals surface area contributed by atoms with Crippen LogP contribution in [0, 0.1) is 17.5 Å². The van der Waals surface area contributed by atoms with Crippen LogP contribution in [0.25, 0.3) is 0 Å². The molecule has 2 aromatic rings. The first-order chi connectivity index (χ1) is 14.3. The van der Waals surface area contributed by atoms with Crippen LogP contribution in [0.3, 0.4) is 0 Å². The highest BCUT2D eigenvalue weighted by molar-refractivity contribution is 7.89. The van der Waals surface area contributed by atoms with Gasteiger partial charge in [-0.15, -0.1) is 0 Å². The fraction of sp³-hybridized carbons (Fsp3) is 0.350. The summed E-state index contributed by atoms with van der Waals surface area (Å²) < 4.78 is 65.9. The van der Waals surface area contributed by atoms with E-state index in [9.17, 15) is 26.4 Å². The second kappa shape index (κ2) is 9.48. The third-order valence-corrected chi connectivity index (χ3v) is 6.33. The number of carbonyl (C=O) groups excluding carboxylic acids is 1. The average Bonchev–Trinajstić information content (AvgIpc) is 2.97. The molecule has 0 unspecified atom stereocenters. The molecular formula is C20H22F3N3O3S. The first kappa shape index (κ1) is 22.1. The minimum atomic E-state index is -4.05. The number of nitrogens with zero attached hydrogens (tertiary/aromatic N) is 2. The fourth-order valence-electron chi connectivity index (χ4n) is 3.25. The Kier molecular flexibility index (Phi) is 6.99. The molecule has 1 aliphatic rings. The Hall–Kier alpha value is -2.59. The quantitative estimate of drug-likeness (QED) is 0.748. The smallest absolute Gasteiger partial charge is 0.240 e. The van der Waals surface area contributed by atoms with E-state index in [1.165, 1.54) is 12.1 Å². The van der Waals surface area contributed by atoms with Crippen LogP contribution in [0.1, 0.15) is 12.8 Å². The topological polar surface area (TPSA) is 69.7 Å². The Bertz CT molecular complexity index is 1000. The zero-order valence-corrected chi connectivity index (χ0v) is 17.0. The second-order valence-corrected chi connectivity index (χ2v) is 8.69. The summed E-state index contributed by atoms with van der Waals surface area (Å²) >= 11 is 0. The summed E-state index contributed by atoms with van der Waals surface area (Å²) in [5, 5.41) is 0. The SMILES string of the molecule is O=C(CCNS(=O)(=O)c1ccc(F)c(F)c1)N1CCCN(c2ccc(F)cc2)CC1. The van der Waals surface area contributed by atoms with Crippen molar-refractivity contribution in [1.29, 1.82) is 0 Å². The normalized spacial score (nSPS) is 15.2. The van der Waals surface area contributed by atoms with Crippen LogP contribution in [0.2, 0.25) is 0 Å². The molecule has 0 saturated carbocycles. The molecule has 1 fully saturated rings. The highest BCUT2D eigenvalue weighted by Gasteiger charge is 2.21. The number of hydrogen-bond acceptors (Lipinski definition) is 4. The Balaban J connectivity index is 1.51. The summed E-state index contributed by atoms with van der Waals surface area (Å²) in [6, 6.07) is 8.46. The van der Waals surface area contributed by atoms with E-state index in [2.05, 4.69) is 9.62 Å². The van der Waals surface area contributed by atoms with Crippen molar-refractivity contribution in [2.45, 2.75) is 17.7 Å². The second-order valence-electron chi connectivity index (χ2n) is 6.92. The molecule has 6 nitrogen and oxygen atoms in total. The molecule has 162 valence electrons. The van der Waals surface area contributed by atoms with Gasteiger partial charge in [-0.25, -0.2) is 26.3 Å². The maximum atomic E-state index is 13.3. The van der Waals surface area contributed by atoms with Gasteiger partial charge in [0.05, 0.1) is 4.90 Å². The molecule has 0 aromatic heterocycles. The third-order valence-electron chi connectivity index (χ3n) is 4.87. The Labute approximate surface area is 173 Å². The van der Waals surface area contributed by atoms with E-state index in [1.54, 1.807) is 17.0 Å². The summed E-state index contributed by atoms with van der Waals surface area (Å²) in [7, 11) is -4.05. The van der Waals surface area contributed by atoms with Gasteiger partial charge in [0.1, 0.15) is 5.82 Å². The number of rotatable bonds is 6. The highest BCUT2D eigenvalue weighted by atomic mass is 32.2. The van der Waals surface area contributed by atoms with Crippen LogP contribution in [0.5, 0.6) is 0 Å². The van der Waals surface area contributed by atoms with Crippen LogP contribution in [-0.4, -0.2) is 51.9 Å². The van der Waals surface area contributed by atoms with Crippen LogP contribution < -0.4 is 9.62 Å². The molecule has 1 aliphatic heterocycles. The molecule has 0 atom stereocenters. The summed E-state index contributed by atoms with van der Waals surface area (Å²) in [6.07, 6.45) is 0.670. The van der Waals surface area contributed by atoms with Gasteiger partial charge in [-0.1, -0.05) is 0 Å². The number of nitrogens with one attached hydrogen (secondary N) is 1. The summed E-state index contributed by atoms with van der Waals surface area (Å²) in [6.45, 7) is 2.15. The van der Waals surface area contributed by atoms with Crippen LogP contribution in [-0.2, 0) is 14.8 Å². The first-order valence-electron chi connectivity index (χ1n) is 9.49. The van der Waals surface area contributed by atoms with E-state index in [4.69, 9.17) is 0 Å². The summed E-state index contributed by atoms with van der Waals surface area (Å²) in [5.41, 5.74) is 0.880. The van der Waals surface area contributed by atoms with Gasteiger partial charge in [-0.2, -0.15) is 0 Å². The molecule has 10 heteroatoms. The maximum Gasteiger partial charge on any atom is 0.240 e. The monoisotopic (exact) mass is 441 g/mol. The molecule has 1 N–H and O–H groups in total. The number of sulfonamides is 1. The predicted molar refractivity (Wildman–Crippen MR) is 106 cm³/mol. The highest BCUT2D eigenvalue weighted by Crippen LogP contribution is 2.17. The van der Waals surface area contributed by atoms with Crippen LogP contribution in [0.15, 0.2) is 47.4 Å². The van der Waals surface area contributed by atoms with E-state index in [-0.39, 0.29) is 24.7 Å². The molecule has 0 radical (unpaired) electrons. The minimum absolute atomic E-state index is 0.0561. The maximum absolute atomic E-state index is 13.3. The van der Waals surface area contributed by atoms with Crippen LogP contribution in [0.4, 0.5) is 18.9 Å². The number of anilines is 1. The van der Waals surface area contributed by atoms with Crippen molar-refractivity contribution in [1.82, 2.24) is 9.62 Å². The lowest BCUT2D eigenvalue weighted by Gasteiger charge is -2.23. The zero-order valence-electron chi connectivity index (χ0n) is 16.2. The number of amides is 1. The number of hydrogen-bond donors (Lipinski definition) is 1. The largest absolute Gasteiger partial charge is 0.370 e. The van der Waals surface area contributed by atoms with E-state index < -0.39 is 26.6 Å². The van der Waals surface area contributed by atoms with E-state index in [0.717, 1.165) is 30.8 Å². The number of carbonyl (C=O) groups is 1. The first-order valence-corrected chi connectivity index (χ1v) is 11.0. The molecule has 1 saturated heterocycles. The molecule has 30 heavy (non-hydrogen) atoms.